The summed E-state index contributed by atoms with van der Waals surface area (Å²) < 4.78 is 0. The maximum atomic E-state index is 10.8. The number of nitrogens with two attached hydrogens (primary N) is 1. The molecule has 3 N–H and O–H groups in total. The third-order valence-corrected chi connectivity index (χ3v) is 3.27. The number of nitrogens with zero attached hydrogens (tertiary/aromatic N) is 2. The van der Waals surface area contributed by atoms with Crippen molar-refractivity contribution in [2.75, 3.05) is 6.54 Å². The van der Waals surface area contributed by atoms with E-state index < -0.39 is 4.92 Å². The second-order valence-corrected chi connectivity index (χ2v) is 4.71. The molecule has 0 radical (unpaired) electrons. The molecule has 1 aromatic carbocycles. The second kappa shape index (κ2) is 6.29. The van der Waals surface area contributed by atoms with Crippen LogP contribution in [0, 0.1) is 10.1 Å². The van der Waals surface area contributed by atoms with Crippen molar-refractivity contribution in [3.8, 4) is 11.3 Å². The van der Waals surface area contributed by atoms with Crippen molar-refractivity contribution >= 4 is 5.69 Å². The number of nitrogens with one attached hydrogen (secondary N) is 1. The zero-order valence-corrected chi connectivity index (χ0v) is 11.4. The summed E-state index contributed by atoms with van der Waals surface area (Å²) in [6.07, 6.45) is 3.71. The lowest BCUT2D eigenvalue weighted by Gasteiger charge is -2.09. The van der Waals surface area contributed by atoms with Gasteiger partial charge < -0.3 is 10.7 Å². The van der Waals surface area contributed by atoms with E-state index >= 15 is 0 Å². The zero-order valence-electron chi connectivity index (χ0n) is 11.4. The Balaban J connectivity index is 2.28. The molecule has 0 amide bonds. The summed E-state index contributed by atoms with van der Waals surface area (Å²) in [6.45, 7) is 2.64. The summed E-state index contributed by atoms with van der Waals surface area (Å²) in [6, 6.07) is 6.50. The summed E-state index contributed by atoms with van der Waals surface area (Å²) in [5.74, 6) is 1.04. The van der Waals surface area contributed by atoms with Gasteiger partial charge in [-0.3, -0.25) is 10.1 Å². The van der Waals surface area contributed by atoms with Gasteiger partial charge in [0.25, 0.3) is 5.69 Å². The lowest BCUT2D eigenvalue weighted by Crippen LogP contribution is -2.13. The van der Waals surface area contributed by atoms with Crippen LogP contribution in [0.4, 0.5) is 5.69 Å². The fourth-order valence-corrected chi connectivity index (χ4v) is 2.19. The Bertz CT molecular complexity index is 594. The van der Waals surface area contributed by atoms with Crippen LogP contribution in [-0.2, 0) is 0 Å². The van der Waals surface area contributed by atoms with Crippen LogP contribution in [0.2, 0.25) is 0 Å². The molecule has 1 heterocycles. The molecular formula is C14H18N4O2. The first-order chi connectivity index (χ1) is 9.65. The van der Waals surface area contributed by atoms with Crippen molar-refractivity contribution < 1.29 is 4.92 Å². The van der Waals surface area contributed by atoms with Crippen LogP contribution in [0.15, 0.2) is 30.5 Å². The molecule has 0 aliphatic rings. The highest BCUT2D eigenvalue weighted by molar-refractivity contribution is 5.62. The summed E-state index contributed by atoms with van der Waals surface area (Å²) >= 11 is 0. The summed E-state index contributed by atoms with van der Waals surface area (Å²) in [5, 5.41) is 10.8. The zero-order chi connectivity index (χ0) is 14.5. The second-order valence-electron chi connectivity index (χ2n) is 4.71. The Labute approximate surface area is 117 Å². The van der Waals surface area contributed by atoms with Gasteiger partial charge in [0.2, 0.25) is 0 Å². The van der Waals surface area contributed by atoms with E-state index in [2.05, 4.69) is 16.9 Å². The van der Waals surface area contributed by atoms with Gasteiger partial charge in [-0.2, -0.15) is 0 Å². The fourth-order valence-electron chi connectivity index (χ4n) is 2.19. The van der Waals surface area contributed by atoms with Crippen molar-refractivity contribution in [2.24, 2.45) is 5.73 Å². The fraction of sp³-hybridized carbons (Fsp3) is 0.357. The van der Waals surface area contributed by atoms with Gasteiger partial charge in [0, 0.05) is 30.2 Å². The van der Waals surface area contributed by atoms with Gasteiger partial charge in [0.1, 0.15) is 5.82 Å². The van der Waals surface area contributed by atoms with Gasteiger partial charge in [-0.15, -0.1) is 0 Å². The predicted molar refractivity (Wildman–Crippen MR) is 77.4 cm³/mol. The number of imidazole rings is 1. The van der Waals surface area contributed by atoms with E-state index in [-0.39, 0.29) is 11.6 Å². The van der Waals surface area contributed by atoms with Gasteiger partial charge >= 0.3 is 0 Å². The number of hydrogen-bond acceptors (Lipinski definition) is 4. The third kappa shape index (κ3) is 3.03. The molecule has 0 aliphatic heterocycles. The minimum atomic E-state index is -0.402. The Kier molecular flexibility index (Phi) is 4.47. The lowest BCUT2D eigenvalue weighted by atomic mass is 10.0. The van der Waals surface area contributed by atoms with E-state index in [9.17, 15) is 10.1 Å². The molecule has 6 heteroatoms. The van der Waals surface area contributed by atoms with Gasteiger partial charge in [-0.25, -0.2) is 4.98 Å². The highest BCUT2D eigenvalue weighted by Gasteiger charge is 2.14. The summed E-state index contributed by atoms with van der Waals surface area (Å²) in [5.41, 5.74) is 7.36. The quantitative estimate of drug-likeness (QED) is 0.625. The summed E-state index contributed by atoms with van der Waals surface area (Å²) in [7, 11) is 0. The average Bonchev–Trinajstić information content (AvgIpc) is 2.94. The topological polar surface area (TPSA) is 97.8 Å². The smallest absolute Gasteiger partial charge is 0.270 e. The van der Waals surface area contributed by atoms with E-state index in [4.69, 9.17) is 5.73 Å². The van der Waals surface area contributed by atoms with E-state index in [1.165, 1.54) is 12.1 Å². The molecule has 106 valence electrons. The van der Waals surface area contributed by atoms with Crippen molar-refractivity contribution in [3.05, 3.63) is 46.4 Å². The molecule has 0 bridgehead atoms. The highest BCUT2D eigenvalue weighted by Crippen LogP contribution is 2.25. The Hall–Kier alpha value is -2.21. The molecule has 0 saturated heterocycles. The molecule has 0 aliphatic carbocycles. The number of nitro benzene ring substituents is 1. The number of aromatic amines is 1. The maximum absolute atomic E-state index is 10.8. The standard InChI is InChI=1S/C14H18N4O2/c1-2-4-11(8-15)14-16-9-13(17-14)10-5-3-6-12(7-10)18(19)20/h3,5-7,9,11H,2,4,8,15H2,1H3,(H,16,17). The average molecular weight is 274 g/mol. The normalized spacial score (nSPS) is 12.3. The number of aromatic nitrogens is 2. The predicted octanol–water partition coefficient (Wildman–Crippen LogP) is 2.83. The van der Waals surface area contributed by atoms with Crippen LogP contribution in [-0.4, -0.2) is 21.4 Å². The lowest BCUT2D eigenvalue weighted by molar-refractivity contribution is -0.384. The van der Waals surface area contributed by atoms with Gasteiger partial charge in [-0.1, -0.05) is 25.5 Å². The highest BCUT2D eigenvalue weighted by atomic mass is 16.6. The van der Waals surface area contributed by atoms with Gasteiger partial charge in [-0.05, 0) is 6.42 Å². The minimum Gasteiger partial charge on any atom is -0.342 e. The molecule has 1 aromatic heterocycles. The molecule has 0 spiro atoms. The van der Waals surface area contributed by atoms with Crippen LogP contribution in [0.1, 0.15) is 31.5 Å². The summed E-state index contributed by atoms with van der Waals surface area (Å²) in [4.78, 5) is 18.0. The monoisotopic (exact) mass is 274 g/mol. The molecule has 1 unspecified atom stereocenters. The van der Waals surface area contributed by atoms with Crippen LogP contribution in [0.25, 0.3) is 11.3 Å². The molecule has 2 aromatic rings. The van der Waals surface area contributed by atoms with Crippen molar-refractivity contribution in [1.82, 2.24) is 9.97 Å². The number of non-ortho nitro benzene ring substituents is 1. The Morgan fingerprint density at radius 3 is 2.95 bits per heavy atom. The molecule has 20 heavy (non-hydrogen) atoms. The Morgan fingerprint density at radius 2 is 2.30 bits per heavy atom. The first-order valence-corrected chi connectivity index (χ1v) is 6.65. The van der Waals surface area contributed by atoms with Gasteiger partial charge in [0.15, 0.2) is 0 Å². The van der Waals surface area contributed by atoms with Crippen molar-refractivity contribution in [3.63, 3.8) is 0 Å². The minimum absolute atomic E-state index is 0.0718. The number of rotatable bonds is 6. The van der Waals surface area contributed by atoms with Crippen LogP contribution >= 0.6 is 0 Å². The van der Waals surface area contributed by atoms with E-state index in [0.717, 1.165) is 29.9 Å². The molecular weight excluding hydrogens is 256 g/mol. The third-order valence-electron chi connectivity index (χ3n) is 3.27. The largest absolute Gasteiger partial charge is 0.342 e. The molecule has 1 atom stereocenters. The van der Waals surface area contributed by atoms with Crippen molar-refractivity contribution in [1.29, 1.82) is 0 Å². The maximum Gasteiger partial charge on any atom is 0.270 e. The van der Waals surface area contributed by atoms with Crippen LogP contribution in [0.5, 0.6) is 0 Å². The number of nitro groups is 1. The molecule has 2 rings (SSSR count). The SMILES string of the molecule is CCCC(CN)c1ncc(-c2cccc([N+](=O)[O-])c2)[nH]1. The van der Waals surface area contributed by atoms with Crippen molar-refractivity contribution in [2.45, 2.75) is 25.7 Å². The van der Waals surface area contributed by atoms with Gasteiger partial charge in [0.05, 0.1) is 16.8 Å². The first kappa shape index (κ1) is 14.2. The van der Waals surface area contributed by atoms with Crippen LogP contribution in [0.3, 0.4) is 0 Å². The number of benzene rings is 1. The first-order valence-electron chi connectivity index (χ1n) is 6.65. The molecule has 0 fully saturated rings. The molecule has 6 nitrogen and oxygen atoms in total. The van der Waals surface area contributed by atoms with E-state index in [0.29, 0.717) is 6.54 Å². The number of hydrogen-bond donors (Lipinski definition) is 2. The van der Waals surface area contributed by atoms with E-state index in [1.54, 1.807) is 12.3 Å². The Morgan fingerprint density at radius 1 is 1.50 bits per heavy atom. The van der Waals surface area contributed by atoms with E-state index in [1.807, 2.05) is 6.07 Å². The van der Waals surface area contributed by atoms with Crippen LogP contribution < -0.4 is 5.73 Å². The molecule has 0 saturated carbocycles. The number of H-pyrrole nitrogens is 1.